The Morgan fingerprint density at radius 1 is 1.11 bits per heavy atom. The van der Waals surface area contributed by atoms with Gasteiger partial charge in [0.1, 0.15) is 0 Å². The molecule has 5 heteroatoms. The van der Waals surface area contributed by atoms with Crippen LogP contribution in [0.1, 0.15) is 35.9 Å². The van der Waals surface area contributed by atoms with E-state index in [0.29, 0.717) is 6.61 Å². The molecule has 2 atom stereocenters. The zero-order chi connectivity index (χ0) is 19.5. The molecule has 28 heavy (non-hydrogen) atoms. The average Bonchev–Trinajstić information content (AvgIpc) is 3.07. The highest BCUT2D eigenvalue weighted by molar-refractivity contribution is 7.99. The number of nitrogens with zero attached hydrogens (tertiary/aromatic N) is 3. The number of hydrogen-bond donors (Lipinski definition) is 0. The molecule has 2 unspecified atom stereocenters. The smallest absolute Gasteiger partial charge is 0.0837 e. The minimum atomic E-state index is 0.0207. The third-order valence-electron chi connectivity index (χ3n) is 5.02. The Kier molecular flexibility index (Phi) is 5.52. The van der Waals surface area contributed by atoms with Gasteiger partial charge in [0, 0.05) is 22.1 Å². The second-order valence-corrected chi connectivity index (χ2v) is 8.36. The van der Waals surface area contributed by atoms with Crippen molar-refractivity contribution < 1.29 is 4.74 Å². The molecule has 0 radical (unpaired) electrons. The molecule has 0 aliphatic carbocycles. The summed E-state index contributed by atoms with van der Waals surface area (Å²) >= 11 is 1.74. The van der Waals surface area contributed by atoms with Gasteiger partial charge in [0.25, 0.3) is 0 Å². The van der Waals surface area contributed by atoms with Gasteiger partial charge in [-0.15, -0.1) is 0 Å². The van der Waals surface area contributed by atoms with Crippen molar-refractivity contribution in [3.05, 3.63) is 71.5 Å². The van der Waals surface area contributed by atoms with Gasteiger partial charge in [0.15, 0.2) is 0 Å². The molecule has 1 aliphatic rings. The number of ether oxygens (including phenoxy) is 1. The van der Waals surface area contributed by atoms with E-state index in [1.807, 2.05) is 11.6 Å². The van der Waals surface area contributed by atoms with Gasteiger partial charge >= 0.3 is 0 Å². The highest BCUT2D eigenvalue weighted by atomic mass is 32.2. The number of benzene rings is 2. The van der Waals surface area contributed by atoms with Crippen molar-refractivity contribution in [2.45, 2.75) is 42.6 Å². The standard InChI is InChI=1S/C23H23N3OS/c1-16-12-17(2)26(25-16)20-6-8-21(9-7-20)28-22-5-3-4-19(14-22)23-13-18(15-24)10-11-27-23/h3-9,12,14,18,23H,10-11,13H2,1-2H3. The first-order valence-electron chi connectivity index (χ1n) is 9.55. The zero-order valence-corrected chi connectivity index (χ0v) is 16.9. The molecule has 0 amide bonds. The van der Waals surface area contributed by atoms with Crippen LogP contribution in [0.4, 0.5) is 0 Å². The van der Waals surface area contributed by atoms with E-state index in [1.165, 1.54) is 9.79 Å². The van der Waals surface area contributed by atoms with Crippen LogP contribution in [-0.2, 0) is 4.74 Å². The average molecular weight is 390 g/mol. The lowest BCUT2D eigenvalue weighted by molar-refractivity contribution is 0.000597. The Morgan fingerprint density at radius 2 is 1.93 bits per heavy atom. The molecule has 0 saturated carbocycles. The Labute approximate surface area is 170 Å². The van der Waals surface area contributed by atoms with Crippen LogP contribution in [-0.4, -0.2) is 16.4 Å². The number of nitriles is 1. The summed E-state index contributed by atoms with van der Waals surface area (Å²) in [6, 6.07) is 21.4. The lowest BCUT2D eigenvalue weighted by Gasteiger charge is -2.26. The fourth-order valence-corrected chi connectivity index (χ4v) is 4.49. The molecule has 1 fully saturated rings. The third-order valence-corrected chi connectivity index (χ3v) is 6.02. The van der Waals surface area contributed by atoms with Gasteiger partial charge < -0.3 is 4.74 Å². The molecule has 4 nitrogen and oxygen atoms in total. The summed E-state index contributed by atoms with van der Waals surface area (Å²) < 4.78 is 7.88. The number of aryl methyl sites for hydroxylation is 2. The molecule has 0 spiro atoms. The highest BCUT2D eigenvalue weighted by Gasteiger charge is 2.23. The van der Waals surface area contributed by atoms with Crippen molar-refractivity contribution in [1.82, 2.24) is 9.78 Å². The fourth-order valence-electron chi connectivity index (χ4n) is 3.61. The summed E-state index contributed by atoms with van der Waals surface area (Å²) in [5, 5.41) is 13.8. The van der Waals surface area contributed by atoms with Crippen LogP contribution in [0.5, 0.6) is 0 Å². The van der Waals surface area contributed by atoms with E-state index in [0.717, 1.165) is 35.5 Å². The van der Waals surface area contributed by atoms with Gasteiger partial charge in [-0.25, -0.2) is 4.68 Å². The van der Waals surface area contributed by atoms with Crippen LogP contribution in [0.3, 0.4) is 0 Å². The summed E-state index contributed by atoms with van der Waals surface area (Å²) in [5.41, 5.74) is 4.39. The lowest BCUT2D eigenvalue weighted by atomic mass is 9.93. The molecule has 2 heterocycles. The number of aromatic nitrogens is 2. The molecular weight excluding hydrogens is 366 g/mol. The first kappa shape index (κ1) is 18.8. The minimum Gasteiger partial charge on any atom is -0.373 e. The van der Waals surface area contributed by atoms with E-state index in [2.05, 4.69) is 72.7 Å². The van der Waals surface area contributed by atoms with Gasteiger partial charge in [-0.3, -0.25) is 0 Å². The summed E-state index contributed by atoms with van der Waals surface area (Å²) in [7, 11) is 0. The molecule has 1 aromatic heterocycles. The van der Waals surface area contributed by atoms with Gasteiger partial charge in [-0.05, 0) is 74.7 Å². The van der Waals surface area contributed by atoms with Gasteiger partial charge in [-0.2, -0.15) is 10.4 Å². The van der Waals surface area contributed by atoms with Crippen molar-refractivity contribution in [2.24, 2.45) is 5.92 Å². The number of rotatable bonds is 4. The first-order valence-corrected chi connectivity index (χ1v) is 10.4. The van der Waals surface area contributed by atoms with Crippen LogP contribution < -0.4 is 0 Å². The maximum atomic E-state index is 9.21. The first-order chi connectivity index (χ1) is 13.6. The van der Waals surface area contributed by atoms with E-state index < -0.39 is 0 Å². The van der Waals surface area contributed by atoms with Crippen molar-refractivity contribution in [2.75, 3.05) is 6.61 Å². The Bertz CT molecular complexity index is 1000. The molecule has 2 aromatic carbocycles. The summed E-state index contributed by atoms with van der Waals surface area (Å²) in [6.07, 6.45) is 1.64. The quantitative estimate of drug-likeness (QED) is 0.580. The highest BCUT2D eigenvalue weighted by Crippen LogP contribution is 2.35. The molecule has 1 aliphatic heterocycles. The second-order valence-electron chi connectivity index (χ2n) is 7.22. The van der Waals surface area contributed by atoms with Crippen molar-refractivity contribution in [3.8, 4) is 11.8 Å². The Morgan fingerprint density at radius 3 is 2.64 bits per heavy atom. The van der Waals surface area contributed by atoms with Crippen LogP contribution in [0.15, 0.2) is 64.4 Å². The largest absolute Gasteiger partial charge is 0.373 e. The monoisotopic (exact) mass is 389 g/mol. The maximum Gasteiger partial charge on any atom is 0.0837 e. The van der Waals surface area contributed by atoms with Gasteiger partial charge in [-0.1, -0.05) is 23.9 Å². The molecule has 1 saturated heterocycles. The Balaban J connectivity index is 1.49. The third kappa shape index (κ3) is 4.14. The summed E-state index contributed by atoms with van der Waals surface area (Å²) in [5.74, 6) is 0.0944. The van der Waals surface area contributed by atoms with Crippen molar-refractivity contribution >= 4 is 11.8 Å². The second kappa shape index (κ2) is 8.22. The maximum absolute atomic E-state index is 9.21. The van der Waals surface area contributed by atoms with E-state index >= 15 is 0 Å². The van der Waals surface area contributed by atoms with Crippen LogP contribution in [0.25, 0.3) is 5.69 Å². The summed E-state index contributed by atoms with van der Waals surface area (Å²) in [4.78, 5) is 2.36. The molecule has 0 bridgehead atoms. The SMILES string of the molecule is Cc1cc(C)n(-c2ccc(Sc3cccc(C4CC(C#N)CCO4)c3)cc2)n1. The van der Waals surface area contributed by atoms with Crippen LogP contribution >= 0.6 is 11.8 Å². The van der Waals surface area contributed by atoms with E-state index in [-0.39, 0.29) is 12.0 Å². The fraction of sp³-hybridized carbons (Fsp3) is 0.304. The van der Waals surface area contributed by atoms with E-state index in [9.17, 15) is 5.26 Å². The zero-order valence-electron chi connectivity index (χ0n) is 16.1. The Hall–Kier alpha value is -2.55. The number of hydrogen-bond acceptors (Lipinski definition) is 4. The lowest BCUT2D eigenvalue weighted by Crippen LogP contribution is -2.18. The topological polar surface area (TPSA) is 50.8 Å². The van der Waals surface area contributed by atoms with Crippen LogP contribution in [0, 0.1) is 31.1 Å². The molecular formula is C23H23N3OS. The minimum absolute atomic E-state index is 0.0207. The predicted molar refractivity (Wildman–Crippen MR) is 111 cm³/mol. The van der Waals surface area contributed by atoms with Crippen molar-refractivity contribution in [3.63, 3.8) is 0 Å². The molecule has 3 aromatic rings. The van der Waals surface area contributed by atoms with Gasteiger partial charge in [0.2, 0.25) is 0 Å². The van der Waals surface area contributed by atoms with E-state index in [1.54, 1.807) is 11.8 Å². The predicted octanol–water partition coefficient (Wildman–Crippen LogP) is 5.63. The van der Waals surface area contributed by atoms with E-state index in [4.69, 9.17) is 4.74 Å². The van der Waals surface area contributed by atoms with Gasteiger partial charge in [0.05, 0.1) is 29.5 Å². The molecule has 4 rings (SSSR count). The van der Waals surface area contributed by atoms with Crippen molar-refractivity contribution in [1.29, 1.82) is 5.26 Å². The normalized spacial score (nSPS) is 19.3. The molecule has 142 valence electrons. The van der Waals surface area contributed by atoms with Crippen LogP contribution in [0.2, 0.25) is 0 Å². The summed E-state index contributed by atoms with van der Waals surface area (Å²) in [6.45, 7) is 4.74. The molecule has 0 N–H and O–H groups in total.